The van der Waals surface area contributed by atoms with E-state index in [2.05, 4.69) is 15.0 Å². The summed E-state index contributed by atoms with van der Waals surface area (Å²) in [6, 6.07) is 6.73. The number of sulfonamides is 1. The van der Waals surface area contributed by atoms with Gasteiger partial charge in [-0.2, -0.15) is 0 Å². The third kappa shape index (κ3) is 3.31. The highest BCUT2D eigenvalue weighted by atomic mass is 32.2. The van der Waals surface area contributed by atoms with Crippen molar-refractivity contribution in [2.24, 2.45) is 0 Å². The molecule has 1 heterocycles. The molecule has 102 valence electrons. The van der Waals surface area contributed by atoms with Crippen LogP contribution in [0.5, 0.6) is 0 Å². The van der Waals surface area contributed by atoms with E-state index in [1.165, 1.54) is 18.4 Å². The van der Waals surface area contributed by atoms with E-state index in [4.69, 9.17) is 0 Å². The van der Waals surface area contributed by atoms with Crippen LogP contribution in [0, 0.1) is 0 Å². The van der Waals surface area contributed by atoms with E-state index in [-0.39, 0.29) is 10.9 Å². The molecule has 0 aliphatic carbocycles. The van der Waals surface area contributed by atoms with E-state index in [9.17, 15) is 8.42 Å². The van der Waals surface area contributed by atoms with Crippen LogP contribution in [0.25, 0.3) is 0 Å². The summed E-state index contributed by atoms with van der Waals surface area (Å²) in [6.45, 7) is 1.98. The minimum Gasteiger partial charge on any atom is -0.377 e. The van der Waals surface area contributed by atoms with Gasteiger partial charge in [-0.1, -0.05) is 6.07 Å². The fourth-order valence-electron chi connectivity index (χ4n) is 1.63. The van der Waals surface area contributed by atoms with Gasteiger partial charge in [0.05, 0.1) is 22.1 Å². The summed E-state index contributed by atoms with van der Waals surface area (Å²) in [6.07, 6.45) is 0. The number of thiazole rings is 1. The van der Waals surface area contributed by atoms with Crippen molar-refractivity contribution >= 4 is 27.0 Å². The fraction of sp³-hybridized carbons (Fsp3) is 0.250. The molecule has 0 fully saturated rings. The van der Waals surface area contributed by atoms with Crippen LogP contribution in [0.4, 0.5) is 5.69 Å². The average molecular weight is 297 g/mol. The van der Waals surface area contributed by atoms with Crippen molar-refractivity contribution in [1.82, 2.24) is 9.71 Å². The van der Waals surface area contributed by atoms with Crippen molar-refractivity contribution in [3.63, 3.8) is 0 Å². The molecule has 1 aromatic carbocycles. The van der Waals surface area contributed by atoms with Crippen LogP contribution in [0.3, 0.4) is 0 Å². The van der Waals surface area contributed by atoms with Crippen LogP contribution in [0.1, 0.15) is 18.7 Å². The van der Waals surface area contributed by atoms with Crippen molar-refractivity contribution in [1.29, 1.82) is 0 Å². The monoisotopic (exact) mass is 297 g/mol. The average Bonchev–Trinajstić information content (AvgIpc) is 2.93. The minimum absolute atomic E-state index is 0.0267. The third-order valence-corrected chi connectivity index (χ3v) is 4.71. The van der Waals surface area contributed by atoms with Crippen molar-refractivity contribution in [2.75, 3.05) is 12.4 Å². The number of anilines is 1. The van der Waals surface area contributed by atoms with E-state index in [1.807, 2.05) is 18.4 Å². The van der Waals surface area contributed by atoms with Gasteiger partial charge in [0, 0.05) is 11.1 Å². The largest absolute Gasteiger partial charge is 0.377 e. The second-order valence-electron chi connectivity index (χ2n) is 4.01. The molecule has 0 radical (unpaired) electrons. The van der Waals surface area contributed by atoms with Crippen LogP contribution >= 0.6 is 11.3 Å². The Kier molecular flexibility index (Phi) is 4.18. The van der Waals surface area contributed by atoms with Gasteiger partial charge in [0.25, 0.3) is 0 Å². The van der Waals surface area contributed by atoms with Crippen LogP contribution < -0.4 is 10.0 Å². The normalized spacial score (nSPS) is 13.2. The smallest absolute Gasteiger partial charge is 0.240 e. The Morgan fingerprint density at radius 1 is 1.37 bits per heavy atom. The van der Waals surface area contributed by atoms with Gasteiger partial charge >= 0.3 is 0 Å². The molecular weight excluding hydrogens is 282 g/mol. The first-order valence-electron chi connectivity index (χ1n) is 5.71. The van der Waals surface area contributed by atoms with Crippen LogP contribution in [0.15, 0.2) is 40.1 Å². The molecule has 0 bridgehead atoms. The van der Waals surface area contributed by atoms with Gasteiger partial charge in [0.2, 0.25) is 10.0 Å². The molecule has 1 aromatic heterocycles. The van der Waals surface area contributed by atoms with Gasteiger partial charge in [-0.3, -0.25) is 0 Å². The summed E-state index contributed by atoms with van der Waals surface area (Å²) in [7, 11) is -2.02. The van der Waals surface area contributed by atoms with Crippen molar-refractivity contribution in [3.8, 4) is 0 Å². The second kappa shape index (κ2) is 5.68. The quantitative estimate of drug-likeness (QED) is 0.888. The molecule has 5 nitrogen and oxygen atoms in total. The molecule has 0 spiro atoms. The summed E-state index contributed by atoms with van der Waals surface area (Å²) in [5, 5.41) is 5.20. The van der Waals surface area contributed by atoms with Gasteiger partial charge in [-0.25, -0.2) is 18.1 Å². The Morgan fingerprint density at radius 3 is 2.79 bits per heavy atom. The van der Waals surface area contributed by atoms with Gasteiger partial charge < -0.3 is 5.32 Å². The summed E-state index contributed by atoms with van der Waals surface area (Å²) >= 11 is 1.53. The van der Waals surface area contributed by atoms with Crippen LogP contribution in [-0.2, 0) is 10.0 Å². The molecule has 0 saturated carbocycles. The summed E-state index contributed by atoms with van der Waals surface area (Å²) in [5.74, 6) is 0. The Morgan fingerprint density at radius 2 is 2.16 bits per heavy atom. The molecule has 2 rings (SSSR count). The molecule has 2 N–H and O–H groups in total. The van der Waals surface area contributed by atoms with Crippen molar-refractivity contribution < 1.29 is 8.42 Å². The molecule has 19 heavy (non-hydrogen) atoms. The number of hydrogen-bond acceptors (Lipinski definition) is 5. The molecular formula is C12H15N3O2S2. The van der Waals surface area contributed by atoms with Crippen molar-refractivity contribution in [3.05, 3.63) is 40.8 Å². The van der Waals surface area contributed by atoms with Gasteiger partial charge in [0.1, 0.15) is 0 Å². The lowest BCUT2D eigenvalue weighted by atomic mass is 10.2. The molecule has 0 amide bonds. The van der Waals surface area contributed by atoms with E-state index >= 15 is 0 Å². The SMILES string of the molecule is CNS(=O)(=O)c1cccc(NC(C)c2cscn2)c1. The number of nitrogens with zero attached hydrogens (tertiary/aromatic N) is 1. The van der Waals surface area contributed by atoms with Crippen LogP contribution in [0.2, 0.25) is 0 Å². The first-order valence-corrected chi connectivity index (χ1v) is 8.14. The summed E-state index contributed by atoms with van der Waals surface area (Å²) in [4.78, 5) is 4.47. The number of aromatic nitrogens is 1. The highest BCUT2D eigenvalue weighted by Crippen LogP contribution is 2.21. The van der Waals surface area contributed by atoms with E-state index < -0.39 is 10.0 Å². The third-order valence-electron chi connectivity index (χ3n) is 2.69. The zero-order valence-electron chi connectivity index (χ0n) is 10.6. The molecule has 7 heteroatoms. The lowest BCUT2D eigenvalue weighted by molar-refractivity contribution is 0.588. The maximum absolute atomic E-state index is 11.7. The Labute approximate surface area is 116 Å². The highest BCUT2D eigenvalue weighted by molar-refractivity contribution is 7.89. The van der Waals surface area contributed by atoms with Gasteiger partial charge in [-0.05, 0) is 32.2 Å². The maximum Gasteiger partial charge on any atom is 0.240 e. The molecule has 1 unspecified atom stereocenters. The number of hydrogen-bond donors (Lipinski definition) is 2. The molecule has 2 aromatic rings. The zero-order chi connectivity index (χ0) is 13.9. The standard InChI is InChI=1S/C12H15N3O2S2/c1-9(12-7-18-8-14-12)15-10-4-3-5-11(6-10)19(16,17)13-2/h3-9,13,15H,1-2H3. The fourth-order valence-corrected chi connectivity index (χ4v) is 3.05. The predicted octanol–water partition coefficient (Wildman–Crippen LogP) is 2.22. The Bertz CT molecular complexity index is 639. The lowest BCUT2D eigenvalue weighted by Gasteiger charge is -2.14. The van der Waals surface area contributed by atoms with Crippen LogP contribution in [-0.4, -0.2) is 20.4 Å². The first-order chi connectivity index (χ1) is 9.03. The molecule has 0 aliphatic rings. The predicted molar refractivity (Wildman–Crippen MR) is 76.8 cm³/mol. The Balaban J connectivity index is 2.20. The topological polar surface area (TPSA) is 71.1 Å². The highest BCUT2D eigenvalue weighted by Gasteiger charge is 2.13. The number of rotatable bonds is 5. The zero-order valence-corrected chi connectivity index (χ0v) is 12.3. The van der Waals surface area contributed by atoms with Crippen molar-refractivity contribution in [2.45, 2.75) is 17.9 Å². The maximum atomic E-state index is 11.7. The molecule has 1 atom stereocenters. The van der Waals surface area contributed by atoms with Gasteiger partial charge in [-0.15, -0.1) is 11.3 Å². The van der Waals surface area contributed by atoms with E-state index in [1.54, 1.807) is 23.7 Å². The number of nitrogens with one attached hydrogen (secondary N) is 2. The summed E-state index contributed by atoms with van der Waals surface area (Å²) in [5.41, 5.74) is 3.46. The Hall–Kier alpha value is -1.44. The molecule has 0 saturated heterocycles. The second-order valence-corrected chi connectivity index (χ2v) is 6.62. The minimum atomic E-state index is -3.41. The van der Waals surface area contributed by atoms with Gasteiger partial charge in [0.15, 0.2) is 0 Å². The lowest BCUT2D eigenvalue weighted by Crippen LogP contribution is -2.18. The number of benzene rings is 1. The van der Waals surface area contributed by atoms with E-state index in [0.717, 1.165) is 11.4 Å². The van der Waals surface area contributed by atoms with E-state index in [0.29, 0.717) is 0 Å². The molecule has 0 aliphatic heterocycles. The first kappa shape index (κ1) is 14.0. The summed E-state index contributed by atoms with van der Waals surface area (Å²) < 4.78 is 25.7.